The molecule has 2 aliphatic heterocycles. The summed E-state index contributed by atoms with van der Waals surface area (Å²) in [7, 11) is 1.56. The number of imide groups is 1. The molecule has 4 rings (SSSR count). The number of urea groups is 1. The van der Waals surface area contributed by atoms with E-state index in [-0.39, 0.29) is 12.5 Å². The number of benzene rings is 2. The fourth-order valence-corrected chi connectivity index (χ4v) is 4.09. The van der Waals surface area contributed by atoms with Crippen molar-refractivity contribution in [3.8, 4) is 5.75 Å². The summed E-state index contributed by atoms with van der Waals surface area (Å²) in [6, 6.07) is 11.7. The highest BCUT2D eigenvalue weighted by Gasteiger charge is 2.50. The molecule has 4 N–H and O–H groups in total. The lowest BCUT2D eigenvalue weighted by atomic mass is 9.89. The van der Waals surface area contributed by atoms with Gasteiger partial charge in [-0.1, -0.05) is 18.2 Å². The number of nitrogens with one attached hydrogen (secondary N) is 2. The van der Waals surface area contributed by atoms with Crippen LogP contribution in [0.5, 0.6) is 5.75 Å². The molecule has 0 spiro atoms. The van der Waals surface area contributed by atoms with Crippen LogP contribution < -0.4 is 26.2 Å². The average molecular weight is 435 g/mol. The third kappa shape index (κ3) is 3.67. The van der Waals surface area contributed by atoms with Crippen LogP contribution in [0, 0.1) is 0 Å². The lowest BCUT2D eigenvalue weighted by molar-refractivity contribution is -0.124. The number of hydrogen-bond donors (Lipinski definition) is 3. The van der Waals surface area contributed by atoms with Crippen molar-refractivity contribution >= 4 is 23.5 Å². The van der Waals surface area contributed by atoms with Gasteiger partial charge in [-0.15, -0.1) is 6.58 Å². The Hall–Kier alpha value is -3.85. The van der Waals surface area contributed by atoms with E-state index in [0.717, 1.165) is 17.7 Å². The molecule has 9 nitrogen and oxygen atoms in total. The van der Waals surface area contributed by atoms with E-state index in [1.54, 1.807) is 65.6 Å². The highest BCUT2D eigenvalue weighted by atomic mass is 16.5. The fourth-order valence-electron chi connectivity index (χ4n) is 4.09. The van der Waals surface area contributed by atoms with Crippen LogP contribution in [0.1, 0.15) is 27.9 Å². The molecule has 1 unspecified atom stereocenters. The number of hydrazine groups is 1. The van der Waals surface area contributed by atoms with Crippen molar-refractivity contribution < 1.29 is 19.1 Å². The molecule has 2 heterocycles. The zero-order valence-corrected chi connectivity index (χ0v) is 17.8. The topological polar surface area (TPSA) is 117 Å². The number of methoxy groups -OCH3 is 1. The Kier molecular flexibility index (Phi) is 5.58. The van der Waals surface area contributed by atoms with Crippen LogP contribution in [0.25, 0.3) is 0 Å². The molecule has 166 valence electrons. The van der Waals surface area contributed by atoms with Crippen molar-refractivity contribution in [3.05, 3.63) is 71.8 Å². The van der Waals surface area contributed by atoms with Crippen molar-refractivity contribution in [3.63, 3.8) is 0 Å². The smallest absolute Gasteiger partial charge is 0.322 e. The lowest BCUT2D eigenvalue weighted by Crippen LogP contribution is -2.52. The molecule has 2 aromatic rings. The van der Waals surface area contributed by atoms with Gasteiger partial charge in [-0.05, 0) is 47.9 Å². The van der Waals surface area contributed by atoms with Crippen LogP contribution in [0.2, 0.25) is 0 Å². The molecular formula is C23H25N5O4. The van der Waals surface area contributed by atoms with E-state index in [0.29, 0.717) is 30.0 Å². The molecule has 0 aliphatic carbocycles. The Labute approximate surface area is 185 Å². The number of hydrogen-bond acceptors (Lipinski definition) is 6. The predicted octanol–water partition coefficient (Wildman–Crippen LogP) is 1.64. The van der Waals surface area contributed by atoms with Crippen LogP contribution in [-0.2, 0) is 16.9 Å². The summed E-state index contributed by atoms with van der Waals surface area (Å²) in [4.78, 5) is 39.6. The third-order valence-corrected chi connectivity index (χ3v) is 5.83. The zero-order chi connectivity index (χ0) is 22.9. The molecule has 1 atom stereocenters. The molecule has 2 aromatic carbocycles. The minimum absolute atomic E-state index is 0.0114. The van der Waals surface area contributed by atoms with E-state index in [1.807, 2.05) is 0 Å². The number of carbonyl (C=O) groups is 3. The van der Waals surface area contributed by atoms with Crippen LogP contribution in [0.3, 0.4) is 0 Å². The largest absolute Gasteiger partial charge is 0.497 e. The maximum absolute atomic E-state index is 13.0. The van der Waals surface area contributed by atoms with E-state index in [4.69, 9.17) is 10.6 Å². The molecule has 2 aliphatic rings. The van der Waals surface area contributed by atoms with Gasteiger partial charge in [0.25, 0.3) is 11.8 Å². The van der Waals surface area contributed by atoms with Gasteiger partial charge in [0.05, 0.1) is 19.3 Å². The van der Waals surface area contributed by atoms with Crippen LogP contribution >= 0.6 is 0 Å². The standard InChI is InChI=1S/C23H25N5O4/c1-3-4-11-28(24)17-7-5-16(6-8-17)23(21(30)25-22(31)26-23)14-27-13-15-12-18(32-2)9-10-19(15)20(27)29/h3,5-10,12H,1,4,11,13-14,24H2,2H3,(H2,25,26,30,31). The second-order valence-corrected chi connectivity index (χ2v) is 7.82. The number of carbonyl (C=O) groups excluding carboxylic acids is 3. The van der Waals surface area contributed by atoms with E-state index in [2.05, 4.69) is 17.2 Å². The second kappa shape index (κ2) is 8.35. The Balaban J connectivity index is 1.62. The maximum Gasteiger partial charge on any atom is 0.322 e. The molecule has 0 aromatic heterocycles. The number of anilines is 1. The van der Waals surface area contributed by atoms with E-state index in [9.17, 15) is 14.4 Å². The molecule has 9 heteroatoms. The monoisotopic (exact) mass is 435 g/mol. The molecular weight excluding hydrogens is 410 g/mol. The fraction of sp³-hybridized carbons (Fsp3) is 0.261. The van der Waals surface area contributed by atoms with Crippen molar-refractivity contribution in [2.45, 2.75) is 18.5 Å². The van der Waals surface area contributed by atoms with Gasteiger partial charge < -0.3 is 20.0 Å². The number of fused-ring (bicyclic) bond motifs is 1. The molecule has 0 saturated carbocycles. The SMILES string of the molecule is C=CCCN(N)c1ccc(C2(CN3Cc4cc(OC)ccc4C3=O)NC(=O)NC2=O)cc1. The summed E-state index contributed by atoms with van der Waals surface area (Å²) >= 11 is 0. The molecule has 0 radical (unpaired) electrons. The van der Waals surface area contributed by atoms with Gasteiger partial charge in [0.2, 0.25) is 0 Å². The van der Waals surface area contributed by atoms with Crippen LogP contribution in [0.4, 0.5) is 10.5 Å². The number of nitrogens with zero attached hydrogens (tertiary/aromatic N) is 2. The van der Waals surface area contributed by atoms with Gasteiger partial charge in [0.1, 0.15) is 5.75 Å². The molecule has 32 heavy (non-hydrogen) atoms. The highest BCUT2D eigenvalue weighted by molar-refractivity contribution is 6.08. The Morgan fingerprint density at radius 2 is 1.97 bits per heavy atom. The summed E-state index contributed by atoms with van der Waals surface area (Å²) in [6.07, 6.45) is 2.51. The van der Waals surface area contributed by atoms with Gasteiger partial charge in [0, 0.05) is 18.7 Å². The highest BCUT2D eigenvalue weighted by Crippen LogP contribution is 2.33. The lowest BCUT2D eigenvalue weighted by Gasteiger charge is -2.31. The summed E-state index contributed by atoms with van der Waals surface area (Å²) < 4.78 is 5.25. The Morgan fingerprint density at radius 1 is 1.22 bits per heavy atom. The van der Waals surface area contributed by atoms with Crippen molar-refractivity contribution in [1.82, 2.24) is 15.5 Å². The Bertz CT molecular complexity index is 1080. The van der Waals surface area contributed by atoms with Crippen molar-refractivity contribution in [2.24, 2.45) is 5.84 Å². The molecule has 1 saturated heterocycles. The first-order chi connectivity index (χ1) is 15.4. The molecule has 0 bridgehead atoms. The first-order valence-corrected chi connectivity index (χ1v) is 10.2. The van der Waals surface area contributed by atoms with Gasteiger partial charge in [-0.3, -0.25) is 14.9 Å². The summed E-state index contributed by atoms with van der Waals surface area (Å²) in [5.74, 6) is 6.00. The Morgan fingerprint density at radius 3 is 2.59 bits per heavy atom. The predicted molar refractivity (Wildman–Crippen MR) is 119 cm³/mol. The minimum Gasteiger partial charge on any atom is -0.497 e. The first-order valence-electron chi connectivity index (χ1n) is 10.2. The number of rotatable bonds is 8. The number of nitrogens with two attached hydrogens (primary N) is 1. The third-order valence-electron chi connectivity index (χ3n) is 5.83. The van der Waals surface area contributed by atoms with Gasteiger partial charge in [0.15, 0.2) is 5.54 Å². The number of ether oxygens (including phenoxy) is 1. The quantitative estimate of drug-likeness (QED) is 0.251. The normalized spacial score (nSPS) is 19.4. The zero-order valence-electron chi connectivity index (χ0n) is 17.8. The van der Waals surface area contributed by atoms with Gasteiger partial charge in [-0.25, -0.2) is 10.6 Å². The summed E-state index contributed by atoms with van der Waals surface area (Å²) in [5, 5.41) is 6.63. The molecule has 1 fully saturated rings. The first kappa shape index (κ1) is 21.4. The molecule has 4 amide bonds. The summed E-state index contributed by atoms with van der Waals surface area (Å²) in [6.45, 7) is 4.58. The van der Waals surface area contributed by atoms with Gasteiger partial charge >= 0.3 is 6.03 Å². The maximum atomic E-state index is 13.0. The van der Waals surface area contributed by atoms with Crippen LogP contribution in [0.15, 0.2) is 55.1 Å². The van der Waals surface area contributed by atoms with E-state index >= 15 is 0 Å². The van der Waals surface area contributed by atoms with E-state index < -0.39 is 17.5 Å². The van der Waals surface area contributed by atoms with Crippen molar-refractivity contribution in [1.29, 1.82) is 0 Å². The minimum atomic E-state index is -1.40. The van der Waals surface area contributed by atoms with Crippen molar-refractivity contribution in [2.75, 3.05) is 25.2 Å². The van der Waals surface area contributed by atoms with Crippen LogP contribution in [-0.4, -0.2) is 42.9 Å². The van der Waals surface area contributed by atoms with E-state index in [1.165, 1.54) is 0 Å². The van der Waals surface area contributed by atoms with Gasteiger partial charge in [-0.2, -0.15) is 0 Å². The number of amides is 4. The second-order valence-electron chi connectivity index (χ2n) is 7.82. The average Bonchev–Trinajstić information content (AvgIpc) is 3.26. The summed E-state index contributed by atoms with van der Waals surface area (Å²) in [5.41, 5.74) is 1.28.